The number of amides is 1. The van der Waals surface area contributed by atoms with Crippen LogP contribution < -0.4 is 10.9 Å². The average molecular weight is 375 g/mol. The summed E-state index contributed by atoms with van der Waals surface area (Å²) in [5, 5.41) is 5.68. The largest absolute Gasteiger partial charge is 0.406 e. The van der Waals surface area contributed by atoms with Crippen LogP contribution in [0.2, 0.25) is 5.02 Å². The minimum atomic E-state index is -0.531. The molecule has 7 heteroatoms. The Morgan fingerprint density at radius 1 is 1.44 bits per heavy atom. The Hall–Kier alpha value is -2.44. The van der Waals surface area contributed by atoms with Crippen molar-refractivity contribution in [3.63, 3.8) is 0 Å². The van der Waals surface area contributed by atoms with Crippen LogP contribution in [-0.4, -0.2) is 10.9 Å². The molecule has 3 aromatic rings. The lowest BCUT2D eigenvalue weighted by molar-refractivity contribution is -0.117. The van der Waals surface area contributed by atoms with Gasteiger partial charge in [0.05, 0.1) is 5.39 Å². The highest BCUT2D eigenvalue weighted by atomic mass is 35.5. The Morgan fingerprint density at radius 3 is 3.00 bits per heavy atom. The second-order valence-electron chi connectivity index (χ2n) is 5.56. The molecule has 0 fully saturated rings. The standard InChI is InChI=1S/C18H15ClN2O3S/c1-10-9-25-17-15(10)18(23)24-16(21-17)11(2)20-14(22)7-6-12-4-3-5-13(19)8-12/h3-9,11H,1-2H3,(H,20,22)/b7-6+/t11-/m0/s1. The molecule has 2 heterocycles. The van der Waals surface area contributed by atoms with Gasteiger partial charge in [-0.25, -0.2) is 9.78 Å². The van der Waals surface area contributed by atoms with Crippen molar-refractivity contribution in [2.45, 2.75) is 19.9 Å². The fourth-order valence-corrected chi connectivity index (χ4v) is 3.43. The summed E-state index contributed by atoms with van der Waals surface area (Å²) in [4.78, 5) is 29.1. The summed E-state index contributed by atoms with van der Waals surface area (Å²) >= 11 is 7.28. The number of nitrogens with zero attached hydrogens (tertiary/aromatic N) is 1. The van der Waals surface area contributed by atoms with Crippen molar-refractivity contribution >= 4 is 45.1 Å². The number of aromatic nitrogens is 1. The third kappa shape index (κ3) is 3.97. The molecule has 0 bridgehead atoms. The van der Waals surface area contributed by atoms with Crippen LogP contribution >= 0.6 is 22.9 Å². The Labute approximate surface area is 153 Å². The molecule has 0 unspecified atom stereocenters. The molecule has 0 saturated heterocycles. The molecule has 1 amide bonds. The fourth-order valence-electron chi connectivity index (χ4n) is 2.32. The van der Waals surface area contributed by atoms with Crippen LogP contribution in [0, 0.1) is 6.92 Å². The van der Waals surface area contributed by atoms with Gasteiger partial charge in [-0.15, -0.1) is 11.3 Å². The van der Waals surface area contributed by atoms with Crippen molar-refractivity contribution in [1.29, 1.82) is 0 Å². The Morgan fingerprint density at radius 2 is 2.24 bits per heavy atom. The van der Waals surface area contributed by atoms with Gasteiger partial charge in [-0.05, 0) is 48.6 Å². The highest BCUT2D eigenvalue weighted by Crippen LogP contribution is 2.22. The van der Waals surface area contributed by atoms with Crippen LogP contribution in [0.4, 0.5) is 0 Å². The van der Waals surface area contributed by atoms with Crippen molar-refractivity contribution in [3.8, 4) is 0 Å². The molecule has 3 rings (SSSR count). The van der Waals surface area contributed by atoms with Crippen molar-refractivity contribution in [3.05, 3.63) is 68.2 Å². The molecular formula is C18H15ClN2O3S. The first-order valence-electron chi connectivity index (χ1n) is 7.57. The molecule has 25 heavy (non-hydrogen) atoms. The van der Waals surface area contributed by atoms with E-state index in [0.717, 1.165) is 11.1 Å². The van der Waals surface area contributed by atoms with E-state index >= 15 is 0 Å². The summed E-state index contributed by atoms with van der Waals surface area (Å²) < 4.78 is 5.25. The predicted molar refractivity (Wildman–Crippen MR) is 99.9 cm³/mol. The molecule has 5 nitrogen and oxygen atoms in total. The minimum Gasteiger partial charge on any atom is -0.406 e. The second-order valence-corrected chi connectivity index (χ2v) is 6.85. The molecular weight excluding hydrogens is 360 g/mol. The number of halogens is 1. The smallest absolute Gasteiger partial charge is 0.348 e. The SMILES string of the molecule is Cc1csc2nc([C@H](C)NC(=O)/C=C/c3cccc(Cl)c3)oc(=O)c12. The van der Waals surface area contributed by atoms with E-state index < -0.39 is 11.7 Å². The number of carbonyl (C=O) groups is 1. The van der Waals surface area contributed by atoms with E-state index in [1.807, 2.05) is 18.4 Å². The van der Waals surface area contributed by atoms with Gasteiger partial charge in [-0.1, -0.05) is 23.7 Å². The van der Waals surface area contributed by atoms with E-state index in [9.17, 15) is 9.59 Å². The zero-order chi connectivity index (χ0) is 18.0. The first kappa shape index (κ1) is 17.4. The first-order chi connectivity index (χ1) is 11.9. The van der Waals surface area contributed by atoms with Crippen LogP contribution in [0.15, 0.2) is 44.9 Å². The highest BCUT2D eigenvalue weighted by Gasteiger charge is 2.16. The van der Waals surface area contributed by atoms with Crippen molar-refractivity contribution < 1.29 is 9.21 Å². The number of thiophene rings is 1. The van der Waals surface area contributed by atoms with Crippen LogP contribution in [0.3, 0.4) is 0 Å². The predicted octanol–water partition coefficient (Wildman–Crippen LogP) is 4.10. The van der Waals surface area contributed by atoms with Crippen molar-refractivity contribution in [2.24, 2.45) is 0 Å². The number of rotatable bonds is 4. The van der Waals surface area contributed by atoms with Gasteiger partial charge in [0.2, 0.25) is 11.8 Å². The zero-order valence-electron chi connectivity index (χ0n) is 13.6. The quantitative estimate of drug-likeness (QED) is 0.698. The van der Waals surface area contributed by atoms with E-state index in [2.05, 4.69) is 10.3 Å². The summed E-state index contributed by atoms with van der Waals surface area (Å²) in [6, 6.07) is 6.63. The molecule has 0 aliphatic carbocycles. The zero-order valence-corrected chi connectivity index (χ0v) is 15.1. The molecule has 1 N–H and O–H groups in total. The van der Waals surface area contributed by atoms with E-state index in [-0.39, 0.29) is 11.8 Å². The van der Waals surface area contributed by atoms with E-state index in [1.54, 1.807) is 31.2 Å². The molecule has 0 spiro atoms. The maximum atomic E-state index is 12.1. The number of hydrogen-bond acceptors (Lipinski definition) is 5. The molecule has 128 valence electrons. The number of hydrogen-bond donors (Lipinski definition) is 1. The van der Waals surface area contributed by atoms with E-state index in [4.69, 9.17) is 16.0 Å². The van der Waals surface area contributed by atoms with Crippen LogP contribution in [0.25, 0.3) is 16.3 Å². The first-order valence-corrected chi connectivity index (χ1v) is 8.83. The topological polar surface area (TPSA) is 72.2 Å². The number of benzene rings is 1. The summed E-state index contributed by atoms with van der Waals surface area (Å²) in [7, 11) is 0. The van der Waals surface area contributed by atoms with E-state index in [0.29, 0.717) is 15.2 Å². The third-order valence-electron chi connectivity index (χ3n) is 3.57. The lowest BCUT2D eigenvalue weighted by atomic mass is 10.2. The second kappa shape index (κ2) is 7.21. The van der Waals surface area contributed by atoms with Gasteiger partial charge in [0.25, 0.3) is 0 Å². The molecule has 1 atom stereocenters. The van der Waals surface area contributed by atoms with Gasteiger partial charge in [0.1, 0.15) is 10.9 Å². The lowest BCUT2D eigenvalue weighted by Gasteiger charge is -2.10. The number of fused-ring (bicyclic) bond motifs is 1. The number of nitrogens with one attached hydrogen (secondary N) is 1. The van der Waals surface area contributed by atoms with Gasteiger partial charge in [-0.3, -0.25) is 4.79 Å². The van der Waals surface area contributed by atoms with Gasteiger partial charge in [-0.2, -0.15) is 0 Å². The lowest BCUT2D eigenvalue weighted by Crippen LogP contribution is -2.26. The van der Waals surface area contributed by atoms with Crippen molar-refractivity contribution in [2.75, 3.05) is 0 Å². The Kier molecular flexibility index (Phi) is 5.01. The summed E-state index contributed by atoms with van der Waals surface area (Å²) in [5.41, 5.74) is 1.22. The average Bonchev–Trinajstić information content (AvgIpc) is 2.94. The molecule has 1 aromatic carbocycles. The molecule has 0 aliphatic heterocycles. The Bertz CT molecular complexity index is 1020. The minimum absolute atomic E-state index is 0.184. The number of aryl methyl sites for hydroxylation is 1. The van der Waals surface area contributed by atoms with Gasteiger partial charge in [0, 0.05) is 11.1 Å². The molecule has 2 aromatic heterocycles. The van der Waals surface area contributed by atoms with Crippen molar-refractivity contribution in [1.82, 2.24) is 10.3 Å². The van der Waals surface area contributed by atoms with Gasteiger partial charge >= 0.3 is 5.63 Å². The van der Waals surface area contributed by atoms with Crippen LogP contribution in [0.5, 0.6) is 0 Å². The van der Waals surface area contributed by atoms with Crippen LogP contribution in [-0.2, 0) is 4.79 Å². The highest BCUT2D eigenvalue weighted by molar-refractivity contribution is 7.16. The molecule has 0 saturated carbocycles. The third-order valence-corrected chi connectivity index (χ3v) is 4.80. The number of carbonyl (C=O) groups excluding carboxylic acids is 1. The van der Waals surface area contributed by atoms with E-state index in [1.165, 1.54) is 17.4 Å². The van der Waals surface area contributed by atoms with Crippen LogP contribution in [0.1, 0.15) is 30.0 Å². The van der Waals surface area contributed by atoms with Gasteiger partial charge < -0.3 is 9.73 Å². The van der Waals surface area contributed by atoms with Gasteiger partial charge in [0.15, 0.2) is 0 Å². The monoisotopic (exact) mass is 374 g/mol. The summed E-state index contributed by atoms with van der Waals surface area (Å²) in [5.74, 6) is -0.136. The molecule has 0 aliphatic rings. The molecule has 0 radical (unpaired) electrons. The summed E-state index contributed by atoms with van der Waals surface area (Å²) in [6.07, 6.45) is 3.05. The maximum absolute atomic E-state index is 12.1. The Balaban J connectivity index is 1.74. The summed E-state index contributed by atoms with van der Waals surface area (Å²) in [6.45, 7) is 3.55. The maximum Gasteiger partial charge on any atom is 0.348 e. The fraction of sp³-hybridized carbons (Fsp3) is 0.167. The normalized spacial score (nSPS) is 12.6.